The molecule has 0 aliphatic heterocycles. The molecule has 4 heteroatoms. The Hall–Kier alpha value is -1.81. The van der Waals surface area contributed by atoms with Gasteiger partial charge in [-0.25, -0.2) is 0 Å². The number of carbonyl (C=O) groups excluding carboxylic acids is 1. The average Bonchev–Trinajstić information content (AvgIpc) is 2.93. The van der Waals surface area contributed by atoms with Crippen molar-refractivity contribution in [3.63, 3.8) is 0 Å². The predicted octanol–water partition coefficient (Wildman–Crippen LogP) is 3.47. The molecule has 20 heavy (non-hydrogen) atoms. The van der Waals surface area contributed by atoms with Crippen molar-refractivity contribution in [1.82, 2.24) is 4.90 Å². The summed E-state index contributed by atoms with van der Waals surface area (Å²) in [6.45, 7) is 3.84. The number of benzene rings is 1. The summed E-state index contributed by atoms with van der Waals surface area (Å²) in [6, 6.07) is 9.21. The molecule has 2 rings (SSSR count). The van der Waals surface area contributed by atoms with Gasteiger partial charge in [0.25, 0.3) is 5.91 Å². The molecule has 1 amide bonds. The number of hydrogen-bond donors (Lipinski definition) is 1. The summed E-state index contributed by atoms with van der Waals surface area (Å²) in [4.78, 5) is 15.5. The van der Waals surface area contributed by atoms with Gasteiger partial charge < -0.3 is 10.0 Å². The Morgan fingerprint density at radius 3 is 2.75 bits per heavy atom. The first-order valence-corrected chi connectivity index (χ1v) is 7.46. The van der Waals surface area contributed by atoms with Crippen LogP contribution >= 0.6 is 11.3 Å². The van der Waals surface area contributed by atoms with E-state index in [0.717, 1.165) is 12.0 Å². The number of phenolic OH excluding ortho intramolecular Hbond substituents is 1. The van der Waals surface area contributed by atoms with Crippen molar-refractivity contribution in [2.45, 2.75) is 26.3 Å². The van der Waals surface area contributed by atoms with Crippen LogP contribution in [0.15, 0.2) is 35.7 Å². The van der Waals surface area contributed by atoms with Crippen molar-refractivity contribution in [2.75, 3.05) is 7.05 Å². The van der Waals surface area contributed by atoms with Gasteiger partial charge in [0.2, 0.25) is 0 Å². The van der Waals surface area contributed by atoms with Gasteiger partial charge in [0.05, 0.1) is 0 Å². The SMILES string of the molecule is Cc1cc(C(=O)N(C)C(C)Cc2cccs2)ccc1O. The summed E-state index contributed by atoms with van der Waals surface area (Å²) < 4.78 is 0. The van der Waals surface area contributed by atoms with Crippen molar-refractivity contribution in [3.05, 3.63) is 51.7 Å². The number of likely N-dealkylation sites (N-methyl/N-ethyl adjacent to an activating group) is 1. The zero-order chi connectivity index (χ0) is 14.7. The fourth-order valence-corrected chi connectivity index (χ4v) is 2.88. The van der Waals surface area contributed by atoms with Crippen LogP contribution in [0.3, 0.4) is 0 Å². The molecule has 1 N–H and O–H groups in total. The first-order valence-electron chi connectivity index (χ1n) is 6.58. The van der Waals surface area contributed by atoms with Crippen molar-refractivity contribution >= 4 is 17.2 Å². The maximum absolute atomic E-state index is 12.4. The van der Waals surface area contributed by atoms with Gasteiger partial charge in [0.1, 0.15) is 5.75 Å². The van der Waals surface area contributed by atoms with Crippen LogP contribution in [0.4, 0.5) is 0 Å². The molecule has 1 atom stereocenters. The largest absolute Gasteiger partial charge is 0.508 e. The summed E-state index contributed by atoms with van der Waals surface area (Å²) >= 11 is 1.71. The van der Waals surface area contributed by atoms with E-state index in [-0.39, 0.29) is 17.7 Å². The van der Waals surface area contributed by atoms with E-state index in [0.29, 0.717) is 5.56 Å². The monoisotopic (exact) mass is 289 g/mol. The smallest absolute Gasteiger partial charge is 0.253 e. The third-order valence-electron chi connectivity index (χ3n) is 3.50. The number of carbonyl (C=O) groups is 1. The van der Waals surface area contributed by atoms with E-state index >= 15 is 0 Å². The second kappa shape index (κ2) is 6.09. The van der Waals surface area contributed by atoms with Crippen molar-refractivity contribution < 1.29 is 9.90 Å². The van der Waals surface area contributed by atoms with Gasteiger partial charge in [-0.15, -0.1) is 11.3 Å². The summed E-state index contributed by atoms with van der Waals surface area (Å²) in [6.07, 6.45) is 0.858. The molecule has 0 saturated carbocycles. The minimum Gasteiger partial charge on any atom is -0.508 e. The summed E-state index contributed by atoms with van der Waals surface area (Å²) in [5.41, 5.74) is 1.33. The number of nitrogens with zero attached hydrogens (tertiary/aromatic N) is 1. The number of phenols is 1. The van der Waals surface area contributed by atoms with E-state index in [1.807, 2.05) is 25.4 Å². The molecule has 1 aromatic heterocycles. The summed E-state index contributed by atoms with van der Waals surface area (Å²) in [7, 11) is 1.82. The molecule has 0 radical (unpaired) electrons. The molecule has 0 bridgehead atoms. The van der Waals surface area contributed by atoms with Crippen LogP contribution in [0.25, 0.3) is 0 Å². The van der Waals surface area contributed by atoms with Gasteiger partial charge in [0.15, 0.2) is 0 Å². The van der Waals surface area contributed by atoms with Crippen LogP contribution < -0.4 is 0 Å². The molecule has 106 valence electrons. The van der Waals surface area contributed by atoms with Crippen LogP contribution in [-0.4, -0.2) is 29.0 Å². The molecule has 2 aromatic rings. The number of thiophene rings is 1. The van der Waals surface area contributed by atoms with Crippen LogP contribution in [-0.2, 0) is 6.42 Å². The molecule has 0 aliphatic rings. The van der Waals surface area contributed by atoms with E-state index in [1.165, 1.54) is 4.88 Å². The lowest BCUT2D eigenvalue weighted by Crippen LogP contribution is -2.36. The molecule has 1 heterocycles. The Labute approximate surface area is 123 Å². The van der Waals surface area contributed by atoms with E-state index in [2.05, 4.69) is 6.07 Å². The van der Waals surface area contributed by atoms with Gasteiger partial charge in [-0.05, 0) is 49.1 Å². The fourth-order valence-electron chi connectivity index (χ4n) is 2.05. The Balaban J connectivity index is 2.09. The molecule has 0 aliphatic carbocycles. The van der Waals surface area contributed by atoms with Gasteiger partial charge in [-0.3, -0.25) is 4.79 Å². The van der Waals surface area contributed by atoms with Gasteiger partial charge >= 0.3 is 0 Å². The number of hydrogen-bond acceptors (Lipinski definition) is 3. The number of aryl methyl sites for hydroxylation is 1. The van der Waals surface area contributed by atoms with Crippen LogP contribution in [0.1, 0.15) is 27.7 Å². The van der Waals surface area contributed by atoms with E-state index < -0.39 is 0 Å². The molecular formula is C16H19NO2S. The molecule has 0 fully saturated rings. The lowest BCUT2D eigenvalue weighted by molar-refractivity contribution is 0.0744. The third kappa shape index (κ3) is 3.20. The van der Waals surface area contributed by atoms with Gasteiger partial charge in [-0.1, -0.05) is 6.07 Å². The minimum atomic E-state index is -0.0165. The third-order valence-corrected chi connectivity index (χ3v) is 4.40. The maximum Gasteiger partial charge on any atom is 0.253 e. The molecular weight excluding hydrogens is 270 g/mol. The molecule has 0 spiro atoms. The molecule has 1 aromatic carbocycles. The topological polar surface area (TPSA) is 40.5 Å². The lowest BCUT2D eigenvalue weighted by Gasteiger charge is -2.25. The van der Waals surface area contributed by atoms with Gasteiger partial charge in [0, 0.05) is 30.0 Å². The fraction of sp³-hybridized carbons (Fsp3) is 0.312. The number of rotatable bonds is 4. The van der Waals surface area contributed by atoms with Crippen LogP contribution in [0.5, 0.6) is 5.75 Å². The minimum absolute atomic E-state index is 0.0165. The second-order valence-electron chi connectivity index (χ2n) is 5.05. The first kappa shape index (κ1) is 14.6. The Kier molecular flexibility index (Phi) is 4.45. The highest BCUT2D eigenvalue weighted by Gasteiger charge is 2.18. The zero-order valence-electron chi connectivity index (χ0n) is 12.0. The van der Waals surface area contributed by atoms with Crippen molar-refractivity contribution in [2.24, 2.45) is 0 Å². The summed E-state index contributed by atoms with van der Waals surface area (Å²) in [5.74, 6) is 0.202. The van der Waals surface area contributed by atoms with E-state index in [4.69, 9.17) is 0 Å². The maximum atomic E-state index is 12.4. The van der Waals surface area contributed by atoms with Crippen LogP contribution in [0, 0.1) is 6.92 Å². The van der Waals surface area contributed by atoms with Crippen molar-refractivity contribution in [1.29, 1.82) is 0 Å². The second-order valence-corrected chi connectivity index (χ2v) is 6.08. The van der Waals surface area contributed by atoms with Crippen LogP contribution in [0.2, 0.25) is 0 Å². The molecule has 1 unspecified atom stereocenters. The highest BCUT2D eigenvalue weighted by Crippen LogP contribution is 2.19. The number of aromatic hydroxyl groups is 1. The Bertz CT molecular complexity index is 593. The quantitative estimate of drug-likeness (QED) is 0.936. The van der Waals surface area contributed by atoms with E-state index in [1.54, 1.807) is 41.4 Å². The highest BCUT2D eigenvalue weighted by atomic mass is 32.1. The van der Waals surface area contributed by atoms with Gasteiger partial charge in [-0.2, -0.15) is 0 Å². The summed E-state index contributed by atoms with van der Waals surface area (Å²) in [5, 5.41) is 11.6. The molecule has 0 saturated heterocycles. The standard InChI is InChI=1S/C16H19NO2S/c1-11-9-13(6-7-15(11)18)16(19)17(3)12(2)10-14-5-4-8-20-14/h4-9,12,18H,10H2,1-3H3. The molecule has 3 nitrogen and oxygen atoms in total. The number of amides is 1. The van der Waals surface area contributed by atoms with E-state index in [9.17, 15) is 9.90 Å². The predicted molar refractivity (Wildman–Crippen MR) is 82.4 cm³/mol. The van der Waals surface area contributed by atoms with Crippen molar-refractivity contribution in [3.8, 4) is 5.75 Å². The zero-order valence-corrected chi connectivity index (χ0v) is 12.8. The first-order chi connectivity index (χ1) is 9.49. The Morgan fingerprint density at radius 2 is 2.15 bits per heavy atom. The lowest BCUT2D eigenvalue weighted by atomic mass is 10.1. The highest BCUT2D eigenvalue weighted by molar-refractivity contribution is 7.09. The average molecular weight is 289 g/mol. The normalized spacial score (nSPS) is 12.2. The Morgan fingerprint density at radius 1 is 1.40 bits per heavy atom.